The highest BCUT2D eigenvalue weighted by atomic mass is 79.9. The molecule has 0 aliphatic rings. The maximum Gasteiger partial charge on any atom is 0.0953 e. The minimum Gasteiger partial charge on any atom is -0.368 e. The van der Waals surface area contributed by atoms with Crippen molar-refractivity contribution in [3.05, 3.63) is 69.7 Å². The Bertz CT molecular complexity index is 539. The van der Waals surface area contributed by atoms with Crippen LogP contribution in [0.2, 0.25) is 0 Å². The van der Waals surface area contributed by atoms with Gasteiger partial charge in [0.15, 0.2) is 0 Å². The highest BCUT2D eigenvalue weighted by Crippen LogP contribution is 2.20. The van der Waals surface area contributed by atoms with Crippen molar-refractivity contribution in [3.8, 4) is 0 Å². The molecule has 0 aliphatic heterocycles. The predicted octanol–water partition coefficient (Wildman–Crippen LogP) is 4.23. The smallest absolute Gasteiger partial charge is 0.0953 e. The van der Waals surface area contributed by atoms with E-state index in [1.54, 1.807) is 0 Å². The molecule has 0 fully saturated rings. The minimum absolute atomic E-state index is 0.0691. The summed E-state index contributed by atoms with van der Waals surface area (Å²) >= 11 is 3.48. The van der Waals surface area contributed by atoms with E-state index in [1.165, 1.54) is 16.7 Å². The molecular formula is C17H20BrNO. The van der Waals surface area contributed by atoms with Gasteiger partial charge in [-0.1, -0.05) is 57.9 Å². The van der Waals surface area contributed by atoms with Crippen LogP contribution in [0.25, 0.3) is 0 Å². The van der Waals surface area contributed by atoms with Crippen LogP contribution in [0.15, 0.2) is 53.0 Å². The Hall–Kier alpha value is -1.16. The SMILES string of the molecule is CNCC(OCc1cccc(Br)c1)c1ccc(C)cc1. The molecule has 0 aromatic heterocycles. The standard InChI is InChI=1S/C17H20BrNO/c1-13-6-8-15(9-7-13)17(11-19-2)20-12-14-4-3-5-16(18)10-14/h3-10,17,19H,11-12H2,1-2H3. The van der Waals surface area contributed by atoms with Crippen LogP contribution in [0.3, 0.4) is 0 Å². The lowest BCUT2D eigenvalue weighted by atomic mass is 10.1. The molecular weight excluding hydrogens is 314 g/mol. The first-order valence-electron chi connectivity index (χ1n) is 6.76. The molecule has 1 atom stereocenters. The first-order chi connectivity index (χ1) is 9.69. The fourth-order valence-corrected chi connectivity index (χ4v) is 2.51. The Balaban J connectivity index is 2.04. The van der Waals surface area contributed by atoms with Crippen LogP contribution in [-0.4, -0.2) is 13.6 Å². The number of likely N-dealkylation sites (N-methyl/N-ethyl adjacent to an activating group) is 1. The third-order valence-electron chi connectivity index (χ3n) is 3.18. The summed E-state index contributed by atoms with van der Waals surface area (Å²) in [6.07, 6.45) is 0.0691. The van der Waals surface area contributed by atoms with E-state index in [4.69, 9.17) is 4.74 Å². The highest BCUT2D eigenvalue weighted by Gasteiger charge is 2.11. The van der Waals surface area contributed by atoms with Gasteiger partial charge in [0.1, 0.15) is 0 Å². The molecule has 0 spiro atoms. The van der Waals surface area contributed by atoms with Gasteiger partial charge in [0.25, 0.3) is 0 Å². The van der Waals surface area contributed by atoms with Gasteiger partial charge >= 0.3 is 0 Å². The zero-order valence-electron chi connectivity index (χ0n) is 11.9. The van der Waals surface area contributed by atoms with E-state index in [0.717, 1.165) is 11.0 Å². The maximum atomic E-state index is 6.07. The quantitative estimate of drug-likeness (QED) is 0.853. The van der Waals surface area contributed by atoms with Crippen LogP contribution < -0.4 is 5.32 Å². The molecule has 1 unspecified atom stereocenters. The lowest BCUT2D eigenvalue weighted by Gasteiger charge is -2.18. The molecule has 106 valence electrons. The lowest BCUT2D eigenvalue weighted by Crippen LogP contribution is -2.19. The first-order valence-corrected chi connectivity index (χ1v) is 7.55. The van der Waals surface area contributed by atoms with Gasteiger partial charge in [0.05, 0.1) is 12.7 Å². The third kappa shape index (κ3) is 4.44. The minimum atomic E-state index is 0.0691. The Morgan fingerprint density at radius 3 is 2.55 bits per heavy atom. The molecule has 2 aromatic carbocycles. The zero-order valence-corrected chi connectivity index (χ0v) is 13.5. The molecule has 0 heterocycles. The molecule has 2 aromatic rings. The Kier molecular flexibility index (Phi) is 5.77. The summed E-state index contributed by atoms with van der Waals surface area (Å²) in [5, 5.41) is 3.19. The maximum absolute atomic E-state index is 6.07. The number of benzene rings is 2. The van der Waals surface area contributed by atoms with Crippen molar-refractivity contribution in [3.63, 3.8) is 0 Å². The van der Waals surface area contributed by atoms with Gasteiger partial charge in [-0.3, -0.25) is 0 Å². The number of halogens is 1. The second kappa shape index (κ2) is 7.58. The highest BCUT2D eigenvalue weighted by molar-refractivity contribution is 9.10. The fourth-order valence-electron chi connectivity index (χ4n) is 2.06. The fraction of sp³-hybridized carbons (Fsp3) is 0.294. The van der Waals surface area contributed by atoms with Gasteiger partial charge in [-0.15, -0.1) is 0 Å². The summed E-state index contributed by atoms with van der Waals surface area (Å²) in [5.41, 5.74) is 3.65. The van der Waals surface area contributed by atoms with Crippen molar-refractivity contribution in [1.82, 2.24) is 5.32 Å². The summed E-state index contributed by atoms with van der Waals surface area (Å²) in [7, 11) is 1.95. The summed E-state index contributed by atoms with van der Waals surface area (Å²) in [6, 6.07) is 16.7. The van der Waals surface area contributed by atoms with E-state index >= 15 is 0 Å². The second-order valence-corrected chi connectivity index (χ2v) is 5.81. The molecule has 0 bridgehead atoms. The summed E-state index contributed by atoms with van der Waals surface area (Å²) in [4.78, 5) is 0. The topological polar surface area (TPSA) is 21.3 Å². The van der Waals surface area contributed by atoms with Crippen LogP contribution in [0.1, 0.15) is 22.8 Å². The Labute approximate surface area is 129 Å². The van der Waals surface area contributed by atoms with Gasteiger partial charge in [-0.25, -0.2) is 0 Å². The van der Waals surface area contributed by atoms with Crippen LogP contribution in [0, 0.1) is 6.92 Å². The molecule has 2 nitrogen and oxygen atoms in total. The van der Waals surface area contributed by atoms with Crippen LogP contribution in [-0.2, 0) is 11.3 Å². The number of ether oxygens (including phenoxy) is 1. The van der Waals surface area contributed by atoms with Crippen molar-refractivity contribution in [2.24, 2.45) is 0 Å². The zero-order chi connectivity index (χ0) is 14.4. The van der Waals surface area contributed by atoms with Crippen molar-refractivity contribution in [1.29, 1.82) is 0 Å². The first kappa shape index (κ1) is 15.2. The number of hydrogen-bond donors (Lipinski definition) is 1. The van der Waals surface area contributed by atoms with Crippen molar-refractivity contribution in [2.75, 3.05) is 13.6 Å². The largest absolute Gasteiger partial charge is 0.368 e. The second-order valence-electron chi connectivity index (χ2n) is 4.90. The van der Waals surface area contributed by atoms with Crippen LogP contribution >= 0.6 is 15.9 Å². The Morgan fingerprint density at radius 2 is 1.90 bits per heavy atom. The summed E-state index contributed by atoms with van der Waals surface area (Å²) < 4.78 is 7.15. The van der Waals surface area contributed by atoms with Crippen molar-refractivity contribution >= 4 is 15.9 Å². The monoisotopic (exact) mass is 333 g/mol. The number of aryl methyl sites for hydroxylation is 1. The summed E-state index contributed by atoms with van der Waals surface area (Å²) in [5.74, 6) is 0. The molecule has 0 saturated heterocycles. The van der Waals surface area contributed by atoms with E-state index in [0.29, 0.717) is 6.61 Å². The van der Waals surface area contributed by atoms with Gasteiger partial charge in [-0.05, 0) is 37.2 Å². The predicted molar refractivity (Wildman–Crippen MR) is 86.8 cm³/mol. The van der Waals surface area contributed by atoms with E-state index in [1.807, 2.05) is 19.2 Å². The lowest BCUT2D eigenvalue weighted by molar-refractivity contribution is 0.0410. The van der Waals surface area contributed by atoms with E-state index in [2.05, 4.69) is 64.6 Å². The van der Waals surface area contributed by atoms with Gasteiger partial charge in [0, 0.05) is 11.0 Å². The normalized spacial score (nSPS) is 12.3. The van der Waals surface area contributed by atoms with E-state index < -0.39 is 0 Å². The molecule has 20 heavy (non-hydrogen) atoms. The van der Waals surface area contributed by atoms with Crippen LogP contribution in [0.4, 0.5) is 0 Å². The molecule has 0 aliphatic carbocycles. The summed E-state index contributed by atoms with van der Waals surface area (Å²) in [6.45, 7) is 3.51. The van der Waals surface area contributed by atoms with Crippen LogP contribution in [0.5, 0.6) is 0 Å². The average molecular weight is 334 g/mol. The third-order valence-corrected chi connectivity index (χ3v) is 3.67. The van der Waals surface area contributed by atoms with E-state index in [9.17, 15) is 0 Å². The van der Waals surface area contributed by atoms with Crippen molar-refractivity contribution < 1.29 is 4.74 Å². The van der Waals surface area contributed by atoms with E-state index in [-0.39, 0.29) is 6.10 Å². The average Bonchev–Trinajstić information content (AvgIpc) is 2.44. The number of hydrogen-bond acceptors (Lipinski definition) is 2. The molecule has 3 heteroatoms. The van der Waals surface area contributed by atoms with Gasteiger partial charge in [-0.2, -0.15) is 0 Å². The Morgan fingerprint density at radius 1 is 1.15 bits per heavy atom. The molecule has 0 saturated carbocycles. The van der Waals surface area contributed by atoms with Crippen molar-refractivity contribution in [2.45, 2.75) is 19.6 Å². The molecule has 2 rings (SSSR count). The van der Waals surface area contributed by atoms with Gasteiger partial charge in [0.2, 0.25) is 0 Å². The molecule has 0 radical (unpaired) electrons. The number of rotatable bonds is 6. The number of nitrogens with one attached hydrogen (secondary N) is 1. The molecule has 1 N–H and O–H groups in total. The molecule has 0 amide bonds. The van der Waals surface area contributed by atoms with Gasteiger partial charge < -0.3 is 10.1 Å².